The van der Waals surface area contributed by atoms with Gasteiger partial charge in [-0.15, -0.1) is 11.3 Å². The van der Waals surface area contributed by atoms with Crippen molar-refractivity contribution < 1.29 is 13.2 Å². The summed E-state index contributed by atoms with van der Waals surface area (Å²) in [5.74, 6) is 0. The Morgan fingerprint density at radius 1 is 1.47 bits per heavy atom. The molecular weight excluding hydrogens is 284 g/mol. The fourth-order valence-corrected chi connectivity index (χ4v) is 4.68. The van der Waals surface area contributed by atoms with Crippen LogP contribution in [0.25, 0.3) is 0 Å². The highest BCUT2D eigenvalue weighted by molar-refractivity contribution is 7.91. The molecule has 0 aliphatic heterocycles. The average molecular weight is 306 g/mol. The number of aryl methyl sites for hydroxylation is 1. The largest absolute Gasteiger partial charge is 0.385 e. The fourth-order valence-electron chi connectivity index (χ4n) is 1.66. The zero-order chi connectivity index (χ0) is 14.5. The van der Waals surface area contributed by atoms with E-state index in [9.17, 15) is 8.42 Å². The monoisotopic (exact) mass is 306 g/mol. The summed E-state index contributed by atoms with van der Waals surface area (Å²) in [6, 6.07) is 1.75. The van der Waals surface area contributed by atoms with Crippen molar-refractivity contribution in [3.63, 3.8) is 0 Å². The van der Waals surface area contributed by atoms with Crippen LogP contribution in [0.4, 0.5) is 0 Å². The zero-order valence-electron chi connectivity index (χ0n) is 11.9. The predicted molar refractivity (Wildman–Crippen MR) is 78.1 cm³/mol. The summed E-state index contributed by atoms with van der Waals surface area (Å²) in [7, 11) is 1.70. The number of hydrogen-bond acceptors (Lipinski definition) is 5. The molecule has 1 N–H and O–H groups in total. The Kier molecular flexibility index (Phi) is 6.41. The van der Waals surface area contributed by atoms with Gasteiger partial charge in [-0.2, -0.15) is 0 Å². The van der Waals surface area contributed by atoms with Crippen molar-refractivity contribution in [2.45, 2.75) is 24.1 Å². The van der Waals surface area contributed by atoms with Gasteiger partial charge in [0.05, 0.1) is 0 Å². The van der Waals surface area contributed by atoms with Gasteiger partial charge in [-0.1, -0.05) is 0 Å². The van der Waals surface area contributed by atoms with Crippen LogP contribution in [0, 0.1) is 6.92 Å². The van der Waals surface area contributed by atoms with Gasteiger partial charge in [-0.25, -0.2) is 12.7 Å². The molecule has 1 rings (SSSR count). The lowest BCUT2D eigenvalue weighted by molar-refractivity contribution is 0.189. The molecule has 19 heavy (non-hydrogen) atoms. The smallest absolute Gasteiger partial charge is 0.252 e. The Hall–Kier alpha value is -0.470. The molecule has 1 heterocycles. The molecule has 110 valence electrons. The van der Waals surface area contributed by atoms with E-state index in [0.29, 0.717) is 30.3 Å². The van der Waals surface area contributed by atoms with Crippen LogP contribution in [0.15, 0.2) is 10.3 Å². The molecule has 0 saturated carbocycles. The summed E-state index contributed by atoms with van der Waals surface area (Å²) >= 11 is 1.34. The van der Waals surface area contributed by atoms with Crippen LogP contribution < -0.4 is 5.32 Å². The quantitative estimate of drug-likeness (QED) is 0.738. The first-order chi connectivity index (χ1) is 8.93. The second kappa shape index (κ2) is 7.35. The van der Waals surface area contributed by atoms with Crippen molar-refractivity contribution in [2.75, 3.05) is 34.4 Å². The summed E-state index contributed by atoms with van der Waals surface area (Å²) < 4.78 is 31.5. The number of nitrogens with zero attached hydrogens (tertiary/aromatic N) is 1. The summed E-state index contributed by atoms with van der Waals surface area (Å²) in [5.41, 5.74) is 1.02. The minimum atomic E-state index is -3.37. The number of nitrogens with one attached hydrogen (secondary N) is 1. The van der Waals surface area contributed by atoms with Crippen LogP contribution in [-0.2, 0) is 21.3 Å². The van der Waals surface area contributed by atoms with Crippen LogP contribution in [0.5, 0.6) is 0 Å². The summed E-state index contributed by atoms with van der Waals surface area (Å²) in [4.78, 5) is 1.06. The fraction of sp³-hybridized carbons (Fsp3) is 0.667. The molecule has 5 nitrogen and oxygen atoms in total. The molecule has 0 spiro atoms. The van der Waals surface area contributed by atoms with Gasteiger partial charge in [0.25, 0.3) is 10.0 Å². The van der Waals surface area contributed by atoms with Gasteiger partial charge in [0.15, 0.2) is 0 Å². The first kappa shape index (κ1) is 16.6. The minimum absolute atomic E-state index is 0.412. The molecule has 0 radical (unpaired) electrons. The number of hydrogen-bond donors (Lipinski definition) is 1. The van der Waals surface area contributed by atoms with E-state index in [1.807, 2.05) is 14.0 Å². The van der Waals surface area contributed by atoms with Gasteiger partial charge >= 0.3 is 0 Å². The zero-order valence-corrected chi connectivity index (χ0v) is 13.5. The van der Waals surface area contributed by atoms with Gasteiger partial charge in [-0.05, 0) is 32.0 Å². The van der Waals surface area contributed by atoms with Crippen molar-refractivity contribution in [3.8, 4) is 0 Å². The number of methoxy groups -OCH3 is 1. The van der Waals surface area contributed by atoms with Gasteiger partial charge in [0.2, 0.25) is 0 Å². The lowest BCUT2D eigenvalue weighted by atomic mass is 10.3. The molecule has 1 aromatic rings. The highest BCUT2D eigenvalue weighted by Crippen LogP contribution is 2.28. The molecule has 1 aromatic heterocycles. The lowest BCUT2D eigenvalue weighted by Crippen LogP contribution is -2.28. The van der Waals surface area contributed by atoms with Crippen LogP contribution >= 0.6 is 11.3 Å². The van der Waals surface area contributed by atoms with Crippen LogP contribution in [0.3, 0.4) is 0 Å². The van der Waals surface area contributed by atoms with Crippen molar-refractivity contribution in [2.24, 2.45) is 0 Å². The minimum Gasteiger partial charge on any atom is -0.385 e. The summed E-state index contributed by atoms with van der Waals surface area (Å²) in [6.07, 6.45) is 0.694. The Morgan fingerprint density at radius 3 is 2.74 bits per heavy atom. The maximum atomic E-state index is 12.4. The molecular formula is C12H22N2O3S2. The molecule has 0 bridgehead atoms. The Balaban J connectivity index is 2.84. The predicted octanol–water partition coefficient (Wildman–Crippen LogP) is 1.43. The summed E-state index contributed by atoms with van der Waals surface area (Å²) in [5, 5.41) is 3.05. The van der Waals surface area contributed by atoms with Gasteiger partial charge in [0, 0.05) is 38.7 Å². The third-order valence-corrected chi connectivity index (χ3v) is 6.36. The summed E-state index contributed by atoms with van der Waals surface area (Å²) in [6.45, 7) is 3.66. The number of rotatable bonds is 8. The van der Waals surface area contributed by atoms with Gasteiger partial charge in [-0.3, -0.25) is 0 Å². The van der Waals surface area contributed by atoms with Crippen molar-refractivity contribution >= 4 is 21.4 Å². The maximum absolute atomic E-state index is 12.4. The number of ether oxygens (including phenoxy) is 1. The highest BCUT2D eigenvalue weighted by atomic mass is 32.2. The molecule has 0 atom stereocenters. The molecule has 0 fully saturated rings. The van der Waals surface area contributed by atoms with E-state index in [1.165, 1.54) is 15.6 Å². The first-order valence-electron chi connectivity index (χ1n) is 6.12. The van der Waals surface area contributed by atoms with Crippen molar-refractivity contribution in [1.82, 2.24) is 9.62 Å². The number of sulfonamides is 1. The van der Waals surface area contributed by atoms with E-state index in [1.54, 1.807) is 20.2 Å². The third-order valence-electron chi connectivity index (χ3n) is 2.82. The van der Waals surface area contributed by atoms with E-state index >= 15 is 0 Å². The Bertz CT molecular complexity index is 497. The van der Waals surface area contributed by atoms with E-state index in [0.717, 1.165) is 10.4 Å². The van der Waals surface area contributed by atoms with Crippen LogP contribution in [0.2, 0.25) is 0 Å². The van der Waals surface area contributed by atoms with E-state index in [4.69, 9.17) is 4.74 Å². The molecule has 0 aliphatic carbocycles. The third kappa shape index (κ3) is 4.25. The molecule has 0 aliphatic rings. The second-order valence-electron chi connectivity index (χ2n) is 4.37. The van der Waals surface area contributed by atoms with Crippen LogP contribution in [-0.4, -0.2) is 47.1 Å². The van der Waals surface area contributed by atoms with E-state index in [2.05, 4.69) is 5.32 Å². The standard InChI is InChI=1S/C12H22N2O3S2/c1-10-8-12(18-11(10)9-13-2)19(15,16)14(3)6-5-7-17-4/h8,13H,5-7,9H2,1-4H3. The second-order valence-corrected chi connectivity index (χ2v) is 7.78. The first-order valence-corrected chi connectivity index (χ1v) is 8.38. The molecule has 7 heteroatoms. The van der Waals surface area contributed by atoms with Crippen molar-refractivity contribution in [1.29, 1.82) is 0 Å². The van der Waals surface area contributed by atoms with Crippen LogP contribution in [0.1, 0.15) is 16.9 Å². The number of thiophene rings is 1. The average Bonchev–Trinajstić information content (AvgIpc) is 2.72. The van der Waals surface area contributed by atoms with E-state index < -0.39 is 10.0 Å². The molecule has 0 unspecified atom stereocenters. The van der Waals surface area contributed by atoms with Crippen molar-refractivity contribution in [3.05, 3.63) is 16.5 Å². The highest BCUT2D eigenvalue weighted by Gasteiger charge is 2.23. The SMILES string of the molecule is CNCc1sc(S(=O)(=O)N(C)CCCOC)cc1C. The molecule has 0 amide bonds. The maximum Gasteiger partial charge on any atom is 0.252 e. The Morgan fingerprint density at radius 2 is 2.16 bits per heavy atom. The topological polar surface area (TPSA) is 58.6 Å². The Labute approximate surface area is 119 Å². The van der Waals surface area contributed by atoms with Gasteiger partial charge in [0.1, 0.15) is 4.21 Å². The lowest BCUT2D eigenvalue weighted by Gasteiger charge is -2.15. The van der Waals surface area contributed by atoms with E-state index in [-0.39, 0.29) is 0 Å². The molecule has 0 saturated heterocycles. The normalized spacial score (nSPS) is 12.3. The van der Waals surface area contributed by atoms with Gasteiger partial charge < -0.3 is 10.1 Å². The molecule has 0 aromatic carbocycles.